The van der Waals surface area contributed by atoms with Crippen molar-refractivity contribution in [3.63, 3.8) is 0 Å². The number of ether oxygens (including phenoxy) is 1. The molecule has 20 heavy (non-hydrogen) atoms. The molecule has 0 heterocycles. The minimum Gasteiger partial charge on any atom is -0.451 e. The molecule has 0 amide bonds. The van der Waals surface area contributed by atoms with Crippen LogP contribution in [-0.2, 0) is 13.0 Å². The summed E-state index contributed by atoms with van der Waals surface area (Å²) < 4.78 is 32.7. The predicted octanol–water partition coefficient (Wildman–Crippen LogP) is 4.47. The molecule has 0 bridgehead atoms. The molecule has 0 radical (unpaired) electrons. The van der Waals surface area contributed by atoms with Gasteiger partial charge in [-0.25, -0.2) is 8.78 Å². The zero-order valence-corrected chi connectivity index (χ0v) is 11.5. The van der Waals surface area contributed by atoms with E-state index in [0.717, 1.165) is 17.7 Å². The van der Waals surface area contributed by atoms with E-state index in [1.807, 2.05) is 6.92 Å². The SMILES string of the molecule is CCc1cc(Oc2c(F)cc(CO)cc2F)ccc1Cl. The van der Waals surface area contributed by atoms with Crippen molar-refractivity contribution in [2.24, 2.45) is 0 Å². The Morgan fingerprint density at radius 1 is 1.15 bits per heavy atom. The van der Waals surface area contributed by atoms with E-state index >= 15 is 0 Å². The lowest BCUT2D eigenvalue weighted by atomic mass is 10.1. The highest BCUT2D eigenvalue weighted by Gasteiger charge is 2.14. The number of benzene rings is 2. The first-order valence-corrected chi connectivity index (χ1v) is 6.48. The normalized spacial score (nSPS) is 10.7. The number of aryl methyl sites for hydroxylation is 1. The first kappa shape index (κ1) is 14.8. The Kier molecular flexibility index (Phi) is 4.57. The number of hydrogen-bond donors (Lipinski definition) is 1. The van der Waals surface area contributed by atoms with Gasteiger partial charge in [-0.1, -0.05) is 18.5 Å². The molecular formula is C15H13ClF2O2. The number of aliphatic hydroxyl groups excluding tert-OH is 1. The van der Waals surface area contributed by atoms with E-state index < -0.39 is 24.0 Å². The third-order valence-electron chi connectivity index (χ3n) is 2.86. The van der Waals surface area contributed by atoms with E-state index in [1.165, 1.54) is 0 Å². The molecule has 2 rings (SSSR count). The molecule has 0 spiro atoms. The van der Waals surface area contributed by atoms with Crippen LogP contribution in [0.25, 0.3) is 0 Å². The fraction of sp³-hybridized carbons (Fsp3) is 0.200. The van der Waals surface area contributed by atoms with Crippen LogP contribution < -0.4 is 4.74 Å². The summed E-state index contributed by atoms with van der Waals surface area (Å²) in [4.78, 5) is 0. The largest absolute Gasteiger partial charge is 0.451 e. The van der Waals surface area contributed by atoms with Crippen LogP contribution in [0.3, 0.4) is 0 Å². The first-order chi connectivity index (χ1) is 9.55. The van der Waals surface area contributed by atoms with E-state index in [1.54, 1.807) is 18.2 Å². The van der Waals surface area contributed by atoms with Gasteiger partial charge in [0, 0.05) is 5.02 Å². The van der Waals surface area contributed by atoms with Gasteiger partial charge in [-0.3, -0.25) is 0 Å². The molecule has 0 saturated carbocycles. The molecule has 0 aliphatic rings. The van der Waals surface area contributed by atoms with Crippen LogP contribution in [-0.4, -0.2) is 5.11 Å². The van der Waals surface area contributed by atoms with Gasteiger partial charge >= 0.3 is 0 Å². The van der Waals surface area contributed by atoms with Gasteiger partial charge < -0.3 is 9.84 Å². The first-order valence-electron chi connectivity index (χ1n) is 6.10. The molecule has 106 valence electrons. The standard InChI is InChI=1S/C15H13ClF2O2/c1-2-10-7-11(3-4-12(10)16)20-15-13(17)5-9(8-19)6-14(15)18/h3-7,19H,2,8H2,1H3. The van der Waals surface area contributed by atoms with E-state index in [2.05, 4.69) is 0 Å². The molecular weight excluding hydrogens is 286 g/mol. The van der Waals surface area contributed by atoms with Crippen LogP contribution in [0.5, 0.6) is 11.5 Å². The van der Waals surface area contributed by atoms with Gasteiger partial charge in [0.05, 0.1) is 6.61 Å². The fourth-order valence-corrected chi connectivity index (χ4v) is 2.06. The third-order valence-corrected chi connectivity index (χ3v) is 3.23. The number of hydrogen-bond acceptors (Lipinski definition) is 2. The Balaban J connectivity index is 2.35. The minimum absolute atomic E-state index is 0.151. The molecule has 0 fully saturated rings. The van der Waals surface area contributed by atoms with E-state index in [-0.39, 0.29) is 5.56 Å². The maximum Gasteiger partial charge on any atom is 0.198 e. The lowest BCUT2D eigenvalue weighted by Crippen LogP contribution is -1.96. The van der Waals surface area contributed by atoms with Gasteiger partial charge in [-0.2, -0.15) is 0 Å². The molecule has 0 saturated heterocycles. The molecule has 0 unspecified atom stereocenters. The summed E-state index contributed by atoms with van der Waals surface area (Å²) in [6, 6.07) is 6.87. The molecule has 0 aliphatic heterocycles. The number of rotatable bonds is 4. The smallest absolute Gasteiger partial charge is 0.198 e. The monoisotopic (exact) mass is 298 g/mol. The second-order valence-corrected chi connectivity index (χ2v) is 4.66. The zero-order chi connectivity index (χ0) is 14.7. The highest BCUT2D eigenvalue weighted by Crippen LogP contribution is 2.31. The van der Waals surface area contributed by atoms with E-state index in [4.69, 9.17) is 21.4 Å². The van der Waals surface area contributed by atoms with E-state index in [0.29, 0.717) is 17.2 Å². The van der Waals surface area contributed by atoms with Crippen molar-refractivity contribution in [2.75, 3.05) is 0 Å². The van der Waals surface area contributed by atoms with Crippen molar-refractivity contribution >= 4 is 11.6 Å². The van der Waals surface area contributed by atoms with Gasteiger partial charge in [0.2, 0.25) is 0 Å². The summed E-state index contributed by atoms with van der Waals surface area (Å²) in [7, 11) is 0. The molecule has 2 aromatic rings. The highest BCUT2D eigenvalue weighted by molar-refractivity contribution is 6.31. The molecule has 0 aromatic heterocycles. The lowest BCUT2D eigenvalue weighted by Gasteiger charge is -2.11. The Bertz CT molecular complexity index is 606. The molecule has 5 heteroatoms. The van der Waals surface area contributed by atoms with Gasteiger partial charge in [0.25, 0.3) is 0 Å². The zero-order valence-electron chi connectivity index (χ0n) is 10.8. The fourth-order valence-electron chi connectivity index (χ4n) is 1.80. The molecule has 2 nitrogen and oxygen atoms in total. The summed E-state index contributed by atoms with van der Waals surface area (Å²) in [6.07, 6.45) is 0.685. The summed E-state index contributed by atoms with van der Waals surface area (Å²) in [6.45, 7) is 1.48. The van der Waals surface area contributed by atoms with Crippen LogP contribution in [0.1, 0.15) is 18.1 Å². The van der Waals surface area contributed by atoms with E-state index in [9.17, 15) is 8.78 Å². The summed E-state index contributed by atoms with van der Waals surface area (Å²) in [5, 5.41) is 9.46. The van der Waals surface area contributed by atoms with Gasteiger partial charge in [-0.15, -0.1) is 0 Å². The minimum atomic E-state index is -0.859. The summed E-state index contributed by atoms with van der Waals surface area (Å²) in [5.41, 5.74) is 0.981. The highest BCUT2D eigenvalue weighted by atomic mass is 35.5. The predicted molar refractivity (Wildman–Crippen MR) is 73.2 cm³/mol. The van der Waals surface area contributed by atoms with Gasteiger partial charge in [0.15, 0.2) is 17.4 Å². The van der Waals surface area contributed by atoms with Gasteiger partial charge in [-0.05, 0) is 47.9 Å². The molecule has 0 aliphatic carbocycles. The second kappa shape index (κ2) is 6.20. The maximum absolute atomic E-state index is 13.7. The quantitative estimate of drug-likeness (QED) is 0.902. The van der Waals surface area contributed by atoms with Crippen LogP contribution >= 0.6 is 11.6 Å². The van der Waals surface area contributed by atoms with Crippen molar-refractivity contribution in [3.05, 3.63) is 58.1 Å². The van der Waals surface area contributed by atoms with Crippen molar-refractivity contribution < 1.29 is 18.6 Å². The Hall–Kier alpha value is -1.65. The lowest BCUT2D eigenvalue weighted by molar-refractivity contribution is 0.279. The Morgan fingerprint density at radius 2 is 1.80 bits per heavy atom. The number of halogens is 3. The molecule has 2 aromatic carbocycles. The average Bonchev–Trinajstić information content (AvgIpc) is 2.44. The van der Waals surface area contributed by atoms with Crippen molar-refractivity contribution in [1.29, 1.82) is 0 Å². The summed E-state index contributed by atoms with van der Waals surface area (Å²) in [5.74, 6) is -1.91. The Labute approximate surface area is 120 Å². The van der Waals surface area contributed by atoms with Crippen molar-refractivity contribution in [3.8, 4) is 11.5 Å². The van der Waals surface area contributed by atoms with Crippen LogP contribution in [0.15, 0.2) is 30.3 Å². The maximum atomic E-state index is 13.7. The molecule has 0 atom stereocenters. The van der Waals surface area contributed by atoms with Crippen LogP contribution in [0, 0.1) is 11.6 Å². The van der Waals surface area contributed by atoms with Crippen LogP contribution in [0.2, 0.25) is 5.02 Å². The Morgan fingerprint density at radius 3 is 2.35 bits per heavy atom. The second-order valence-electron chi connectivity index (χ2n) is 4.26. The average molecular weight is 299 g/mol. The van der Waals surface area contributed by atoms with Gasteiger partial charge in [0.1, 0.15) is 5.75 Å². The van der Waals surface area contributed by atoms with Crippen molar-refractivity contribution in [1.82, 2.24) is 0 Å². The summed E-state index contributed by atoms with van der Waals surface area (Å²) >= 11 is 5.97. The molecule has 1 N–H and O–H groups in total. The third kappa shape index (κ3) is 3.08. The van der Waals surface area contributed by atoms with Crippen LogP contribution in [0.4, 0.5) is 8.78 Å². The number of aliphatic hydroxyl groups is 1. The topological polar surface area (TPSA) is 29.5 Å². The van der Waals surface area contributed by atoms with Crippen molar-refractivity contribution in [2.45, 2.75) is 20.0 Å².